The molecule has 2 N–H and O–H groups in total. The standard InChI is InChI=1S/C22H30N4O5S/c1-3-31-21-8-4-18(5-9-21)24-22(27)23-12-17-32(28,29)26-15-13-25(14-16-26)19-6-10-20(30-2)11-7-19/h4-11H,3,12-17H2,1-2H3,(H2,23,24,27). The SMILES string of the molecule is CCOc1ccc(NC(=O)NCCS(=O)(=O)N2CCN(c3ccc(OC)cc3)CC2)cc1. The van der Waals surface area contributed by atoms with Gasteiger partial charge in [0.1, 0.15) is 11.5 Å². The molecule has 1 fully saturated rings. The Balaban J connectivity index is 1.41. The largest absolute Gasteiger partial charge is 0.497 e. The van der Waals surface area contributed by atoms with Crippen LogP contribution in [-0.4, -0.2) is 70.9 Å². The second-order valence-electron chi connectivity index (χ2n) is 7.24. The Bertz CT molecular complexity index is 972. The van der Waals surface area contributed by atoms with Gasteiger partial charge in [-0.25, -0.2) is 13.2 Å². The quantitative estimate of drug-likeness (QED) is 0.594. The first-order valence-electron chi connectivity index (χ1n) is 10.6. The maximum Gasteiger partial charge on any atom is 0.319 e. The highest BCUT2D eigenvalue weighted by atomic mass is 32.2. The number of benzene rings is 2. The van der Waals surface area contributed by atoms with Crippen molar-refractivity contribution in [2.24, 2.45) is 0 Å². The van der Waals surface area contributed by atoms with Gasteiger partial charge in [-0.2, -0.15) is 4.31 Å². The zero-order chi connectivity index (χ0) is 23.0. The molecule has 0 radical (unpaired) electrons. The second kappa shape index (κ2) is 11.1. The summed E-state index contributed by atoms with van der Waals surface area (Å²) in [5.74, 6) is 1.36. The van der Waals surface area contributed by atoms with Gasteiger partial charge in [0, 0.05) is 44.1 Å². The zero-order valence-electron chi connectivity index (χ0n) is 18.4. The topological polar surface area (TPSA) is 100 Å². The first-order valence-corrected chi connectivity index (χ1v) is 12.2. The number of nitrogens with one attached hydrogen (secondary N) is 2. The lowest BCUT2D eigenvalue weighted by Gasteiger charge is -2.35. The van der Waals surface area contributed by atoms with Crippen LogP contribution in [0.2, 0.25) is 0 Å². The molecule has 0 aliphatic carbocycles. The van der Waals surface area contributed by atoms with Crippen LogP contribution in [0.4, 0.5) is 16.2 Å². The zero-order valence-corrected chi connectivity index (χ0v) is 19.2. The molecule has 2 aromatic carbocycles. The molecular formula is C22H30N4O5S. The summed E-state index contributed by atoms with van der Waals surface area (Å²) in [6.45, 7) is 4.53. The maximum atomic E-state index is 12.7. The highest BCUT2D eigenvalue weighted by Gasteiger charge is 2.26. The van der Waals surface area contributed by atoms with E-state index in [9.17, 15) is 13.2 Å². The fourth-order valence-corrected chi connectivity index (χ4v) is 4.75. The molecule has 2 amide bonds. The number of ether oxygens (including phenoxy) is 2. The molecule has 0 aromatic heterocycles. The van der Waals surface area contributed by atoms with Crippen LogP contribution in [0, 0.1) is 0 Å². The summed E-state index contributed by atoms with van der Waals surface area (Å²) in [7, 11) is -1.83. The predicted molar refractivity (Wildman–Crippen MR) is 125 cm³/mol. The van der Waals surface area contributed by atoms with Gasteiger partial charge in [-0.1, -0.05) is 0 Å². The summed E-state index contributed by atoms with van der Waals surface area (Å²) in [4.78, 5) is 14.2. The number of hydrogen-bond acceptors (Lipinski definition) is 6. The summed E-state index contributed by atoms with van der Waals surface area (Å²) in [5, 5.41) is 5.28. The van der Waals surface area contributed by atoms with Gasteiger partial charge in [0.2, 0.25) is 10.0 Å². The number of sulfonamides is 1. The first-order chi connectivity index (χ1) is 15.4. The molecule has 1 heterocycles. The number of amides is 2. The average molecular weight is 463 g/mol. The van der Waals surface area contributed by atoms with E-state index in [1.807, 2.05) is 31.2 Å². The van der Waals surface area contributed by atoms with Crippen LogP contribution in [0.1, 0.15) is 6.92 Å². The second-order valence-corrected chi connectivity index (χ2v) is 9.33. The smallest absolute Gasteiger partial charge is 0.319 e. The number of carbonyl (C=O) groups excluding carboxylic acids is 1. The molecule has 0 unspecified atom stereocenters. The number of nitrogens with zero attached hydrogens (tertiary/aromatic N) is 2. The summed E-state index contributed by atoms with van der Waals surface area (Å²) < 4.78 is 37.3. The van der Waals surface area contributed by atoms with Crippen LogP contribution < -0.4 is 25.0 Å². The Kier molecular flexibility index (Phi) is 8.18. The van der Waals surface area contributed by atoms with E-state index in [2.05, 4.69) is 15.5 Å². The molecule has 2 aromatic rings. The van der Waals surface area contributed by atoms with Gasteiger partial charge in [-0.15, -0.1) is 0 Å². The molecule has 0 spiro atoms. The highest BCUT2D eigenvalue weighted by Crippen LogP contribution is 2.21. The van der Waals surface area contributed by atoms with Crippen molar-refractivity contribution in [3.63, 3.8) is 0 Å². The first kappa shape index (κ1) is 23.7. The van der Waals surface area contributed by atoms with Crippen molar-refractivity contribution in [2.45, 2.75) is 6.92 Å². The van der Waals surface area contributed by atoms with Crippen molar-refractivity contribution in [3.8, 4) is 11.5 Å². The van der Waals surface area contributed by atoms with Crippen molar-refractivity contribution >= 4 is 27.4 Å². The molecule has 0 bridgehead atoms. The third kappa shape index (κ3) is 6.51. The van der Waals surface area contributed by atoms with Gasteiger partial charge in [0.15, 0.2) is 0 Å². The van der Waals surface area contributed by atoms with Crippen molar-refractivity contribution in [3.05, 3.63) is 48.5 Å². The average Bonchev–Trinajstić information content (AvgIpc) is 2.80. The number of carbonyl (C=O) groups is 1. The number of anilines is 2. The molecule has 3 rings (SSSR count). The van der Waals surface area contributed by atoms with E-state index in [1.165, 1.54) is 4.31 Å². The lowest BCUT2D eigenvalue weighted by molar-refractivity contribution is 0.252. The van der Waals surface area contributed by atoms with E-state index in [1.54, 1.807) is 31.4 Å². The van der Waals surface area contributed by atoms with Crippen molar-refractivity contribution < 1.29 is 22.7 Å². The van der Waals surface area contributed by atoms with E-state index >= 15 is 0 Å². The lowest BCUT2D eigenvalue weighted by atomic mass is 10.2. The minimum Gasteiger partial charge on any atom is -0.497 e. The molecule has 1 aliphatic heterocycles. The summed E-state index contributed by atoms with van der Waals surface area (Å²) in [5.41, 5.74) is 1.64. The maximum absolute atomic E-state index is 12.7. The number of rotatable bonds is 9. The van der Waals surface area contributed by atoms with Crippen LogP contribution in [0.25, 0.3) is 0 Å². The minimum atomic E-state index is -3.45. The number of urea groups is 1. The van der Waals surface area contributed by atoms with E-state index in [4.69, 9.17) is 9.47 Å². The fourth-order valence-electron chi connectivity index (χ4n) is 3.42. The van der Waals surface area contributed by atoms with Crippen LogP contribution in [-0.2, 0) is 10.0 Å². The van der Waals surface area contributed by atoms with Gasteiger partial charge in [0.05, 0.1) is 19.5 Å². The normalized spacial score (nSPS) is 14.6. The van der Waals surface area contributed by atoms with Gasteiger partial charge < -0.3 is 25.0 Å². The van der Waals surface area contributed by atoms with Gasteiger partial charge in [-0.05, 0) is 55.5 Å². The third-order valence-corrected chi connectivity index (χ3v) is 7.01. The monoisotopic (exact) mass is 462 g/mol. The number of piperazine rings is 1. The van der Waals surface area contributed by atoms with Gasteiger partial charge >= 0.3 is 6.03 Å². The summed E-state index contributed by atoms with van der Waals surface area (Å²) in [6.07, 6.45) is 0. The molecule has 9 nitrogen and oxygen atoms in total. The highest BCUT2D eigenvalue weighted by molar-refractivity contribution is 7.89. The minimum absolute atomic E-state index is 0.0316. The van der Waals surface area contributed by atoms with Crippen LogP contribution >= 0.6 is 0 Å². The number of methoxy groups -OCH3 is 1. The van der Waals surface area contributed by atoms with Gasteiger partial charge in [-0.3, -0.25) is 0 Å². The third-order valence-electron chi connectivity index (χ3n) is 5.14. The fraction of sp³-hybridized carbons (Fsp3) is 0.409. The molecular weight excluding hydrogens is 432 g/mol. The Morgan fingerprint density at radius 1 is 0.969 bits per heavy atom. The van der Waals surface area contributed by atoms with Crippen LogP contribution in [0.3, 0.4) is 0 Å². The molecule has 0 atom stereocenters. The lowest BCUT2D eigenvalue weighted by Crippen LogP contribution is -2.50. The predicted octanol–water partition coefficient (Wildman–Crippen LogP) is 2.37. The van der Waals surface area contributed by atoms with Gasteiger partial charge in [0.25, 0.3) is 0 Å². The summed E-state index contributed by atoms with van der Waals surface area (Å²) in [6, 6.07) is 14.2. The summed E-state index contributed by atoms with van der Waals surface area (Å²) >= 11 is 0. The Labute approximate surface area is 189 Å². The van der Waals surface area contributed by atoms with E-state index in [0.717, 1.165) is 17.2 Å². The Morgan fingerprint density at radius 3 is 2.19 bits per heavy atom. The molecule has 32 heavy (non-hydrogen) atoms. The van der Waals surface area contributed by atoms with Crippen LogP contribution in [0.5, 0.6) is 11.5 Å². The van der Waals surface area contributed by atoms with E-state index in [-0.39, 0.29) is 12.3 Å². The number of hydrogen-bond donors (Lipinski definition) is 2. The molecule has 10 heteroatoms. The van der Waals surface area contributed by atoms with Crippen molar-refractivity contribution in [2.75, 3.05) is 62.4 Å². The van der Waals surface area contributed by atoms with Crippen LogP contribution in [0.15, 0.2) is 48.5 Å². The van der Waals surface area contributed by atoms with E-state index in [0.29, 0.717) is 38.5 Å². The van der Waals surface area contributed by atoms with Crippen molar-refractivity contribution in [1.82, 2.24) is 9.62 Å². The Hall–Kier alpha value is -2.98. The molecule has 1 aliphatic rings. The molecule has 0 saturated carbocycles. The van der Waals surface area contributed by atoms with E-state index < -0.39 is 16.1 Å². The van der Waals surface area contributed by atoms with Crippen molar-refractivity contribution in [1.29, 1.82) is 0 Å². The molecule has 174 valence electrons. The molecule has 1 saturated heterocycles. The Morgan fingerprint density at radius 2 is 1.59 bits per heavy atom.